The van der Waals surface area contributed by atoms with Crippen molar-refractivity contribution in [3.8, 4) is 11.5 Å². The van der Waals surface area contributed by atoms with E-state index in [9.17, 15) is 8.42 Å². The van der Waals surface area contributed by atoms with E-state index in [0.29, 0.717) is 11.3 Å². The van der Waals surface area contributed by atoms with Crippen LogP contribution in [0.4, 0.5) is 0 Å². The van der Waals surface area contributed by atoms with E-state index < -0.39 is 10.0 Å². The third kappa shape index (κ3) is 3.07. The van der Waals surface area contributed by atoms with Gasteiger partial charge in [0.2, 0.25) is 6.79 Å². The topological polar surface area (TPSA) is 57.5 Å². The molecule has 5 rings (SSSR count). The average molecular weight is 403 g/mol. The van der Waals surface area contributed by atoms with Crippen LogP contribution >= 0.6 is 0 Å². The molecular weight excluding hydrogens is 386 g/mol. The highest BCUT2D eigenvalue weighted by atomic mass is 32.2. The molecule has 4 aromatic rings. The van der Waals surface area contributed by atoms with Gasteiger partial charge in [0.25, 0.3) is 10.0 Å². The molecule has 3 aromatic carbocycles. The average Bonchev–Trinajstić information content (AvgIpc) is 3.37. The Bertz CT molecular complexity index is 1340. The third-order valence-corrected chi connectivity index (χ3v) is 6.55. The number of hydrogen-bond acceptors (Lipinski definition) is 4. The predicted molar refractivity (Wildman–Crippen MR) is 112 cm³/mol. The number of hydrogen-bond donors (Lipinski definition) is 0. The lowest BCUT2D eigenvalue weighted by Gasteiger charge is -2.07. The summed E-state index contributed by atoms with van der Waals surface area (Å²) in [5.74, 6) is 1.44. The first-order valence-electron chi connectivity index (χ1n) is 9.11. The van der Waals surface area contributed by atoms with Gasteiger partial charge < -0.3 is 9.47 Å². The van der Waals surface area contributed by atoms with E-state index in [1.807, 2.05) is 54.6 Å². The molecule has 0 fully saturated rings. The summed E-state index contributed by atoms with van der Waals surface area (Å²) < 4.78 is 38.4. The van der Waals surface area contributed by atoms with Crippen LogP contribution in [-0.2, 0) is 10.0 Å². The minimum Gasteiger partial charge on any atom is -0.454 e. The standard InChI is InChI=1S/C23H17NO4S/c25-29(26,19-6-2-1-3-7-19)24-15-18(20-8-4-5-9-21(20)24)12-10-17-11-13-22-23(14-17)28-16-27-22/h1-15H,16H2/b12-10+. The highest BCUT2D eigenvalue weighted by molar-refractivity contribution is 7.90. The van der Waals surface area contributed by atoms with Crippen molar-refractivity contribution in [1.82, 2.24) is 3.97 Å². The lowest BCUT2D eigenvalue weighted by Crippen LogP contribution is -2.11. The van der Waals surface area contributed by atoms with Gasteiger partial charge in [0, 0.05) is 17.1 Å². The predicted octanol–water partition coefficient (Wildman–Crippen LogP) is 4.78. The van der Waals surface area contributed by atoms with E-state index in [2.05, 4.69) is 0 Å². The van der Waals surface area contributed by atoms with Crippen LogP contribution in [0.1, 0.15) is 11.1 Å². The fourth-order valence-electron chi connectivity index (χ4n) is 3.42. The van der Waals surface area contributed by atoms with Gasteiger partial charge in [0.15, 0.2) is 11.5 Å². The molecule has 0 saturated heterocycles. The van der Waals surface area contributed by atoms with Gasteiger partial charge in [0.05, 0.1) is 10.4 Å². The van der Waals surface area contributed by atoms with E-state index in [0.717, 1.165) is 22.3 Å². The number of benzene rings is 3. The molecule has 144 valence electrons. The third-order valence-electron chi connectivity index (χ3n) is 4.86. The van der Waals surface area contributed by atoms with E-state index in [-0.39, 0.29) is 11.7 Å². The van der Waals surface area contributed by atoms with Crippen molar-refractivity contribution in [2.24, 2.45) is 0 Å². The van der Waals surface area contributed by atoms with Crippen LogP contribution in [0.3, 0.4) is 0 Å². The molecule has 1 aromatic heterocycles. The maximum Gasteiger partial charge on any atom is 0.268 e. The van der Waals surface area contributed by atoms with E-state index >= 15 is 0 Å². The van der Waals surface area contributed by atoms with Crippen molar-refractivity contribution in [1.29, 1.82) is 0 Å². The molecule has 0 atom stereocenters. The Morgan fingerprint density at radius 1 is 0.828 bits per heavy atom. The Morgan fingerprint density at radius 3 is 2.45 bits per heavy atom. The molecule has 0 spiro atoms. The Hall–Kier alpha value is -3.51. The van der Waals surface area contributed by atoms with Gasteiger partial charge in [-0.2, -0.15) is 0 Å². The van der Waals surface area contributed by atoms with Crippen LogP contribution < -0.4 is 9.47 Å². The van der Waals surface area contributed by atoms with Crippen LogP contribution in [0.2, 0.25) is 0 Å². The normalized spacial score (nSPS) is 13.4. The van der Waals surface area contributed by atoms with Crippen molar-refractivity contribution < 1.29 is 17.9 Å². The Morgan fingerprint density at radius 2 is 1.59 bits per heavy atom. The van der Waals surface area contributed by atoms with Gasteiger partial charge in [-0.25, -0.2) is 12.4 Å². The van der Waals surface area contributed by atoms with Gasteiger partial charge in [0.1, 0.15) is 0 Å². The van der Waals surface area contributed by atoms with Gasteiger partial charge in [-0.3, -0.25) is 0 Å². The molecule has 0 N–H and O–H groups in total. The first-order chi connectivity index (χ1) is 14.1. The number of aromatic nitrogens is 1. The van der Waals surface area contributed by atoms with Crippen LogP contribution in [0.15, 0.2) is 83.9 Å². The molecule has 1 aliphatic heterocycles. The van der Waals surface area contributed by atoms with Crippen molar-refractivity contribution in [2.75, 3.05) is 6.79 Å². The SMILES string of the molecule is O=S(=O)(c1ccccc1)n1cc(/C=C/c2ccc3c(c2)OCO3)c2ccccc21. The Balaban J connectivity index is 1.59. The molecular formula is C23H17NO4S. The fraction of sp³-hybridized carbons (Fsp3) is 0.0435. The fourth-order valence-corrected chi connectivity index (χ4v) is 4.81. The summed E-state index contributed by atoms with van der Waals surface area (Å²) in [7, 11) is -3.69. The van der Waals surface area contributed by atoms with Crippen molar-refractivity contribution >= 4 is 33.1 Å². The van der Waals surface area contributed by atoms with Crippen LogP contribution in [-0.4, -0.2) is 19.2 Å². The summed E-state index contributed by atoms with van der Waals surface area (Å²) in [6.45, 7) is 0.229. The summed E-state index contributed by atoms with van der Waals surface area (Å²) >= 11 is 0. The van der Waals surface area contributed by atoms with Crippen LogP contribution in [0, 0.1) is 0 Å². The maximum atomic E-state index is 13.2. The first-order valence-corrected chi connectivity index (χ1v) is 10.6. The summed E-state index contributed by atoms with van der Waals surface area (Å²) in [6, 6.07) is 21.6. The second kappa shape index (κ2) is 6.83. The quantitative estimate of drug-likeness (QED) is 0.492. The van der Waals surface area contributed by atoms with Crippen molar-refractivity contribution in [2.45, 2.75) is 4.90 Å². The molecule has 2 heterocycles. The first kappa shape index (κ1) is 17.6. The van der Waals surface area contributed by atoms with Crippen LogP contribution in [0.25, 0.3) is 23.1 Å². The van der Waals surface area contributed by atoms with Gasteiger partial charge in [-0.1, -0.05) is 54.6 Å². The Labute approximate surface area is 168 Å². The molecule has 0 unspecified atom stereocenters. The zero-order chi connectivity index (χ0) is 19.8. The molecule has 0 amide bonds. The largest absolute Gasteiger partial charge is 0.454 e. The van der Waals surface area contributed by atoms with Crippen LogP contribution in [0.5, 0.6) is 11.5 Å². The number of ether oxygens (including phenoxy) is 2. The monoisotopic (exact) mass is 403 g/mol. The molecule has 29 heavy (non-hydrogen) atoms. The van der Waals surface area contributed by atoms with E-state index in [4.69, 9.17) is 9.47 Å². The van der Waals surface area contributed by atoms with E-state index in [1.54, 1.807) is 36.5 Å². The minimum atomic E-state index is -3.69. The number of nitrogens with zero attached hydrogens (tertiary/aromatic N) is 1. The molecule has 0 bridgehead atoms. The molecule has 0 radical (unpaired) electrons. The second-order valence-corrected chi connectivity index (χ2v) is 8.48. The molecule has 0 aliphatic carbocycles. The minimum absolute atomic E-state index is 0.229. The zero-order valence-electron chi connectivity index (χ0n) is 15.4. The molecule has 1 aliphatic rings. The molecule has 0 saturated carbocycles. The summed E-state index contributed by atoms with van der Waals surface area (Å²) in [5, 5.41) is 0.865. The second-order valence-electron chi connectivity index (χ2n) is 6.66. The lowest BCUT2D eigenvalue weighted by atomic mass is 10.1. The summed E-state index contributed by atoms with van der Waals surface area (Å²) in [6.07, 6.45) is 5.51. The highest BCUT2D eigenvalue weighted by Gasteiger charge is 2.20. The van der Waals surface area contributed by atoms with Gasteiger partial charge in [-0.05, 0) is 35.9 Å². The van der Waals surface area contributed by atoms with E-state index in [1.165, 1.54) is 3.97 Å². The molecule has 6 heteroatoms. The smallest absolute Gasteiger partial charge is 0.268 e. The van der Waals surface area contributed by atoms with Crippen molar-refractivity contribution in [3.05, 3.63) is 90.1 Å². The lowest BCUT2D eigenvalue weighted by molar-refractivity contribution is 0.174. The maximum absolute atomic E-state index is 13.2. The summed E-state index contributed by atoms with van der Waals surface area (Å²) in [5.41, 5.74) is 2.40. The number of rotatable bonds is 4. The highest BCUT2D eigenvalue weighted by Crippen LogP contribution is 2.33. The van der Waals surface area contributed by atoms with Crippen molar-refractivity contribution in [3.63, 3.8) is 0 Å². The zero-order valence-corrected chi connectivity index (χ0v) is 16.2. The number of para-hydroxylation sites is 1. The summed E-state index contributed by atoms with van der Waals surface area (Å²) in [4.78, 5) is 0.257. The van der Waals surface area contributed by atoms with Gasteiger partial charge in [-0.15, -0.1) is 0 Å². The number of fused-ring (bicyclic) bond motifs is 2. The van der Waals surface area contributed by atoms with Gasteiger partial charge >= 0.3 is 0 Å². The molecule has 5 nitrogen and oxygen atoms in total. The Kier molecular flexibility index (Phi) is 4.14.